The van der Waals surface area contributed by atoms with Crippen LogP contribution >= 0.6 is 23.2 Å². The van der Waals surface area contributed by atoms with Crippen molar-refractivity contribution in [2.24, 2.45) is 0 Å². The fourth-order valence-electron chi connectivity index (χ4n) is 1.89. The Bertz CT molecular complexity index is 953. The van der Waals surface area contributed by atoms with Gasteiger partial charge < -0.3 is 10.1 Å². The first-order valence-electron chi connectivity index (χ1n) is 7.12. The lowest BCUT2D eigenvalue weighted by molar-refractivity contribution is -0.385. The quantitative estimate of drug-likeness (QED) is 0.427. The summed E-state index contributed by atoms with van der Waals surface area (Å²) in [5.41, 5.74) is -2.17. The number of nitrogens with zero attached hydrogens (tertiary/aromatic N) is 2. The van der Waals surface area contributed by atoms with Gasteiger partial charge in [0.25, 0.3) is 11.6 Å². The Morgan fingerprint density at radius 3 is 2.50 bits per heavy atom. The molecule has 1 amide bonds. The van der Waals surface area contributed by atoms with Crippen LogP contribution in [0.1, 0.15) is 15.9 Å². The number of benzene rings is 1. The van der Waals surface area contributed by atoms with E-state index in [-0.39, 0.29) is 10.8 Å². The molecule has 1 heterocycles. The van der Waals surface area contributed by atoms with Gasteiger partial charge in [-0.15, -0.1) is 0 Å². The highest BCUT2D eigenvalue weighted by atomic mass is 35.5. The Morgan fingerprint density at radius 1 is 1.25 bits per heavy atom. The number of rotatable bonds is 5. The van der Waals surface area contributed by atoms with Gasteiger partial charge in [0.05, 0.1) is 15.5 Å². The average Bonchev–Trinajstić information content (AvgIpc) is 2.60. The van der Waals surface area contributed by atoms with Gasteiger partial charge in [-0.05, 0) is 18.2 Å². The normalized spacial score (nSPS) is 11.0. The van der Waals surface area contributed by atoms with Crippen LogP contribution in [-0.2, 0) is 15.7 Å². The highest BCUT2D eigenvalue weighted by molar-refractivity contribution is 6.33. The standard InChI is InChI=1S/C15H8Cl2F3N3O5/c16-8-1-2-11(23(26)27)9(4-8)14(25)28-6-12(24)22-13-10(17)3-7(5-21-13)15(18,19)20/h1-5H,6H2,(H,21,22,24). The van der Waals surface area contributed by atoms with E-state index in [1.54, 1.807) is 0 Å². The summed E-state index contributed by atoms with van der Waals surface area (Å²) in [6.07, 6.45) is -4.21. The van der Waals surface area contributed by atoms with Crippen molar-refractivity contribution in [3.63, 3.8) is 0 Å². The molecule has 2 rings (SSSR count). The Balaban J connectivity index is 2.04. The van der Waals surface area contributed by atoms with Gasteiger partial charge in [-0.25, -0.2) is 9.78 Å². The van der Waals surface area contributed by atoms with Crippen LogP contribution in [0.5, 0.6) is 0 Å². The van der Waals surface area contributed by atoms with Gasteiger partial charge >= 0.3 is 12.1 Å². The molecule has 0 fully saturated rings. The van der Waals surface area contributed by atoms with Gasteiger partial charge in [-0.1, -0.05) is 23.2 Å². The van der Waals surface area contributed by atoms with Crippen molar-refractivity contribution in [2.45, 2.75) is 6.18 Å². The molecule has 0 spiro atoms. The summed E-state index contributed by atoms with van der Waals surface area (Å²) in [6, 6.07) is 3.74. The van der Waals surface area contributed by atoms with Crippen LogP contribution in [-0.4, -0.2) is 28.4 Å². The first kappa shape index (κ1) is 21.4. The molecule has 0 aliphatic carbocycles. The third kappa shape index (κ3) is 5.30. The van der Waals surface area contributed by atoms with Crippen LogP contribution in [0.4, 0.5) is 24.7 Å². The zero-order valence-electron chi connectivity index (χ0n) is 13.4. The number of halogens is 5. The van der Waals surface area contributed by atoms with Crippen LogP contribution < -0.4 is 5.32 Å². The Morgan fingerprint density at radius 2 is 1.93 bits per heavy atom. The van der Waals surface area contributed by atoms with E-state index in [4.69, 9.17) is 23.2 Å². The van der Waals surface area contributed by atoms with E-state index in [0.717, 1.165) is 12.1 Å². The second-order valence-corrected chi connectivity index (χ2v) is 5.94. The summed E-state index contributed by atoms with van der Waals surface area (Å²) >= 11 is 11.3. The Labute approximate surface area is 164 Å². The van der Waals surface area contributed by atoms with E-state index < -0.39 is 51.4 Å². The third-order valence-corrected chi connectivity index (χ3v) is 3.66. The molecular weight excluding hydrogens is 430 g/mol. The SMILES string of the molecule is O=C(COC(=O)c1cc(Cl)ccc1[N+](=O)[O-])Nc1ncc(C(F)(F)F)cc1Cl. The average molecular weight is 438 g/mol. The van der Waals surface area contributed by atoms with Crippen molar-refractivity contribution >= 4 is 46.6 Å². The number of hydrogen-bond acceptors (Lipinski definition) is 6. The van der Waals surface area contributed by atoms with Crippen LogP contribution in [0.15, 0.2) is 30.5 Å². The zero-order chi connectivity index (χ0) is 21.1. The molecule has 28 heavy (non-hydrogen) atoms. The zero-order valence-corrected chi connectivity index (χ0v) is 14.9. The monoisotopic (exact) mass is 437 g/mol. The smallest absolute Gasteiger partial charge is 0.417 e. The van der Waals surface area contributed by atoms with E-state index in [9.17, 15) is 32.9 Å². The van der Waals surface area contributed by atoms with Gasteiger partial charge in [0.1, 0.15) is 5.56 Å². The van der Waals surface area contributed by atoms with Crippen molar-refractivity contribution in [3.05, 3.63) is 61.7 Å². The minimum absolute atomic E-state index is 0.0303. The van der Waals surface area contributed by atoms with Gasteiger partial charge in [-0.3, -0.25) is 14.9 Å². The topological polar surface area (TPSA) is 111 Å². The molecule has 0 unspecified atom stereocenters. The van der Waals surface area contributed by atoms with E-state index in [1.807, 2.05) is 0 Å². The molecule has 0 aliphatic rings. The second-order valence-electron chi connectivity index (χ2n) is 5.10. The fraction of sp³-hybridized carbons (Fsp3) is 0.133. The predicted octanol–water partition coefficient (Wildman–Crippen LogP) is 4.11. The highest BCUT2D eigenvalue weighted by Gasteiger charge is 2.31. The first-order chi connectivity index (χ1) is 13.0. The highest BCUT2D eigenvalue weighted by Crippen LogP contribution is 2.32. The number of esters is 1. The lowest BCUT2D eigenvalue weighted by Crippen LogP contribution is -2.22. The van der Waals surface area contributed by atoms with Gasteiger partial charge in [0.2, 0.25) is 0 Å². The number of amides is 1. The van der Waals surface area contributed by atoms with Crippen molar-refractivity contribution in [2.75, 3.05) is 11.9 Å². The lowest BCUT2D eigenvalue weighted by atomic mass is 10.2. The summed E-state index contributed by atoms with van der Waals surface area (Å²) in [5, 5.41) is 12.5. The molecule has 1 aromatic heterocycles. The van der Waals surface area contributed by atoms with E-state index in [1.165, 1.54) is 6.07 Å². The van der Waals surface area contributed by atoms with Crippen LogP contribution in [0, 0.1) is 10.1 Å². The summed E-state index contributed by atoms with van der Waals surface area (Å²) in [7, 11) is 0. The van der Waals surface area contributed by atoms with Crippen molar-refractivity contribution in [1.82, 2.24) is 4.98 Å². The number of carbonyl (C=O) groups is 2. The number of nitro groups is 1. The van der Waals surface area contributed by atoms with E-state index in [0.29, 0.717) is 12.3 Å². The largest absolute Gasteiger partial charge is 0.452 e. The number of anilines is 1. The third-order valence-electron chi connectivity index (χ3n) is 3.14. The molecule has 148 valence electrons. The summed E-state index contributed by atoms with van der Waals surface area (Å²) in [5.74, 6) is -2.56. The van der Waals surface area contributed by atoms with Gasteiger partial charge in [0, 0.05) is 17.3 Å². The fourth-order valence-corrected chi connectivity index (χ4v) is 2.28. The maximum absolute atomic E-state index is 12.5. The summed E-state index contributed by atoms with van der Waals surface area (Å²) < 4.78 is 42.3. The molecule has 0 saturated heterocycles. The Hall–Kier alpha value is -2.92. The maximum Gasteiger partial charge on any atom is 0.417 e. The number of alkyl halides is 3. The number of aromatic nitrogens is 1. The summed E-state index contributed by atoms with van der Waals surface area (Å²) in [4.78, 5) is 37.2. The number of pyridine rings is 1. The molecule has 0 atom stereocenters. The molecular formula is C15H8Cl2F3N3O5. The lowest BCUT2D eigenvalue weighted by Gasteiger charge is -2.10. The van der Waals surface area contributed by atoms with Crippen molar-refractivity contribution in [1.29, 1.82) is 0 Å². The molecule has 0 aliphatic heterocycles. The minimum atomic E-state index is -4.67. The first-order valence-corrected chi connectivity index (χ1v) is 7.88. The molecule has 0 radical (unpaired) electrons. The van der Waals surface area contributed by atoms with Crippen LogP contribution in [0.25, 0.3) is 0 Å². The number of ether oxygens (including phenoxy) is 1. The molecule has 2 aromatic rings. The number of nitrogens with one attached hydrogen (secondary N) is 1. The number of nitro benzene ring substituents is 1. The molecule has 13 heteroatoms. The molecule has 8 nitrogen and oxygen atoms in total. The second kappa shape index (κ2) is 8.40. The Kier molecular flexibility index (Phi) is 6.41. The summed E-state index contributed by atoms with van der Waals surface area (Å²) in [6.45, 7) is -0.901. The predicted molar refractivity (Wildman–Crippen MR) is 91.3 cm³/mol. The minimum Gasteiger partial charge on any atom is -0.452 e. The molecule has 0 bridgehead atoms. The van der Waals surface area contributed by atoms with Gasteiger partial charge in [-0.2, -0.15) is 13.2 Å². The molecule has 1 N–H and O–H groups in total. The molecule has 0 saturated carbocycles. The van der Waals surface area contributed by atoms with Crippen LogP contribution in [0.3, 0.4) is 0 Å². The van der Waals surface area contributed by atoms with Crippen molar-refractivity contribution in [3.8, 4) is 0 Å². The number of carbonyl (C=O) groups excluding carboxylic acids is 2. The van der Waals surface area contributed by atoms with Crippen LogP contribution in [0.2, 0.25) is 10.0 Å². The van der Waals surface area contributed by atoms with Gasteiger partial charge in [0.15, 0.2) is 12.4 Å². The maximum atomic E-state index is 12.5. The van der Waals surface area contributed by atoms with E-state index in [2.05, 4.69) is 15.0 Å². The number of hydrogen-bond donors (Lipinski definition) is 1. The molecule has 1 aromatic carbocycles. The van der Waals surface area contributed by atoms with Crippen molar-refractivity contribution < 1.29 is 32.4 Å². The van der Waals surface area contributed by atoms with E-state index >= 15 is 0 Å².